The summed E-state index contributed by atoms with van der Waals surface area (Å²) in [4.78, 5) is 22.9. The van der Waals surface area contributed by atoms with Crippen molar-refractivity contribution < 1.29 is 29.3 Å². The monoisotopic (exact) mass is 693 g/mol. The van der Waals surface area contributed by atoms with E-state index >= 15 is 0 Å². The molecule has 0 saturated carbocycles. The number of nitrogens with one attached hydrogen (secondary N) is 1. The number of hydrogen-bond donors (Lipinski definition) is 3. The van der Waals surface area contributed by atoms with E-state index in [2.05, 4.69) is 26.9 Å². The summed E-state index contributed by atoms with van der Waals surface area (Å²) in [5, 5.41) is 34.3. The Balaban J connectivity index is 1.13. The SMILES string of the molecule is O=C(O)CCCCC(=O)NCc1cccc(-c2ccc(C3OC(CSc4nnnn4-c4ccccc4)CC(c4ccc(CO)cc4)O3)cc2)c1. The predicted molar refractivity (Wildman–Crippen MR) is 188 cm³/mol. The number of para-hydroxylation sites is 1. The summed E-state index contributed by atoms with van der Waals surface area (Å²) in [6.07, 6.45) is 1.06. The van der Waals surface area contributed by atoms with E-state index in [1.54, 1.807) is 4.68 Å². The third kappa shape index (κ3) is 9.42. The van der Waals surface area contributed by atoms with E-state index in [-0.39, 0.29) is 31.1 Å². The standard InChI is InChI=1S/C38H39N5O6S/c44-24-26-13-15-29(16-14-26)34-22-33(25-50-38-40-41-42-43(38)32-9-2-1-3-10-32)48-37(49-34)30-19-17-28(18-20-30)31-8-6-7-27(21-31)23-39-35(45)11-4-5-12-36(46)47/h1-3,6-10,13-21,33-34,37,44H,4-5,11-12,22-25H2,(H,39,45)(H,46,47). The Morgan fingerprint density at radius 3 is 2.36 bits per heavy atom. The van der Waals surface area contributed by atoms with Gasteiger partial charge in [0.25, 0.3) is 0 Å². The van der Waals surface area contributed by atoms with Gasteiger partial charge in [-0.2, -0.15) is 4.68 Å². The number of unbranched alkanes of at least 4 members (excludes halogenated alkanes) is 1. The van der Waals surface area contributed by atoms with Gasteiger partial charge in [0.2, 0.25) is 11.1 Å². The molecule has 1 aromatic heterocycles. The maximum atomic E-state index is 12.2. The van der Waals surface area contributed by atoms with Gasteiger partial charge in [-0.25, -0.2) is 0 Å². The van der Waals surface area contributed by atoms with Gasteiger partial charge < -0.3 is 25.0 Å². The zero-order chi connectivity index (χ0) is 34.7. The van der Waals surface area contributed by atoms with Gasteiger partial charge in [-0.05, 0) is 69.3 Å². The number of thioether (sulfide) groups is 1. The Morgan fingerprint density at radius 1 is 0.840 bits per heavy atom. The summed E-state index contributed by atoms with van der Waals surface area (Å²) < 4.78 is 14.8. The van der Waals surface area contributed by atoms with Crippen LogP contribution >= 0.6 is 11.8 Å². The molecule has 3 atom stereocenters. The summed E-state index contributed by atoms with van der Waals surface area (Å²) in [5.74, 6) is -0.323. The molecule has 4 aromatic carbocycles. The smallest absolute Gasteiger partial charge is 0.303 e. The van der Waals surface area contributed by atoms with E-state index in [0.717, 1.165) is 39.1 Å². The number of tetrazole rings is 1. The fourth-order valence-corrected chi connectivity index (χ4v) is 6.64. The number of hydrogen-bond acceptors (Lipinski definition) is 9. The zero-order valence-electron chi connectivity index (χ0n) is 27.4. The third-order valence-electron chi connectivity index (χ3n) is 8.43. The van der Waals surface area contributed by atoms with E-state index in [1.807, 2.05) is 97.1 Å². The zero-order valence-corrected chi connectivity index (χ0v) is 28.2. The van der Waals surface area contributed by atoms with Crippen molar-refractivity contribution in [3.05, 3.63) is 125 Å². The highest BCUT2D eigenvalue weighted by atomic mass is 32.2. The number of aliphatic hydroxyl groups excluding tert-OH is 1. The second-order valence-electron chi connectivity index (χ2n) is 12.1. The van der Waals surface area contributed by atoms with Gasteiger partial charge in [0.15, 0.2) is 6.29 Å². The first-order valence-electron chi connectivity index (χ1n) is 16.6. The molecular weight excluding hydrogens is 655 g/mol. The summed E-state index contributed by atoms with van der Waals surface area (Å²) in [5.41, 5.74) is 6.63. The Morgan fingerprint density at radius 2 is 1.60 bits per heavy atom. The molecule has 258 valence electrons. The quantitative estimate of drug-likeness (QED) is 0.0829. The lowest BCUT2D eigenvalue weighted by atomic mass is 9.99. The van der Waals surface area contributed by atoms with Crippen LogP contribution in [0.25, 0.3) is 16.8 Å². The highest BCUT2D eigenvalue weighted by molar-refractivity contribution is 7.99. The topological polar surface area (TPSA) is 149 Å². The minimum absolute atomic E-state index is 0.0208. The Kier molecular flexibility index (Phi) is 12.0. The molecule has 1 aliphatic rings. The fourth-order valence-electron chi connectivity index (χ4n) is 5.73. The number of rotatable bonds is 15. The van der Waals surface area contributed by atoms with Crippen molar-refractivity contribution in [1.29, 1.82) is 0 Å². The van der Waals surface area contributed by atoms with Gasteiger partial charge in [0.1, 0.15) is 0 Å². The second-order valence-corrected chi connectivity index (χ2v) is 13.1. The van der Waals surface area contributed by atoms with E-state index in [4.69, 9.17) is 14.6 Å². The molecular formula is C38H39N5O6S. The molecule has 2 heterocycles. The number of ether oxygens (including phenoxy) is 2. The van der Waals surface area contributed by atoms with Gasteiger partial charge in [-0.15, -0.1) is 5.10 Å². The molecule has 50 heavy (non-hydrogen) atoms. The first-order valence-corrected chi connectivity index (χ1v) is 17.6. The Hall–Kier alpha value is -4.88. The Bertz CT molecular complexity index is 1850. The van der Waals surface area contributed by atoms with Crippen LogP contribution in [0.5, 0.6) is 0 Å². The normalized spacial score (nSPS) is 17.3. The largest absolute Gasteiger partial charge is 0.481 e. The van der Waals surface area contributed by atoms with Gasteiger partial charge >= 0.3 is 5.97 Å². The van der Waals surface area contributed by atoms with Crippen LogP contribution in [0.1, 0.15) is 66.8 Å². The summed E-state index contributed by atoms with van der Waals surface area (Å²) >= 11 is 1.53. The number of nitrogens with zero attached hydrogens (tertiary/aromatic N) is 4. The van der Waals surface area contributed by atoms with Crippen LogP contribution in [0.3, 0.4) is 0 Å². The number of aliphatic carboxylic acids is 1. The summed E-state index contributed by atoms with van der Waals surface area (Å²) in [6, 6.07) is 33.7. The molecule has 6 rings (SSSR count). The molecule has 1 fully saturated rings. The van der Waals surface area contributed by atoms with E-state index in [0.29, 0.717) is 43.1 Å². The average molecular weight is 694 g/mol. The minimum atomic E-state index is -0.845. The molecule has 0 radical (unpaired) electrons. The van der Waals surface area contributed by atoms with Crippen LogP contribution in [0.15, 0.2) is 108 Å². The number of carbonyl (C=O) groups is 2. The van der Waals surface area contributed by atoms with Crippen LogP contribution in [-0.4, -0.2) is 54.2 Å². The molecule has 1 aliphatic heterocycles. The summed E-state index contributed by atoms with van der Waals surface area (Å²) in [6.45, 7) is 0.373. The minimum Gasteiger partial charge on any atom is -0.481 e. The second kappa shape index (κ2) is 17.2. The van der Waals surface area contributed by atoms with Gasteiger partial charge in [0, 0.05) is 37.1 Å². The fraction of sp³-hybridized carbons (Fsp3) is 0.289. The van der Waals surface area contributed by atoms with E-state index in [1.165, 1.54) is 11.8 Å². The van der Waals surface area contributed by atoms with Crippen LogP contribution < -0.4 is 5.32 Å². The maximum Gasteiger partial charge on any atom is 0.303 e. The number of aromatic nitrogens is 4. The number of carboxylic acid groups (broad SMARTS) is 1. The molecule has 0 spiro atoms. The highest BCUT2D eigenvalue weighted by Crippen LogP contribution is 2.40. The molecule has 1 saturated heterocycles. The molecule has 0 aliphatic carbocycles. The van der Waals surface area contributed by atoms with Gasteiger partial charge in [0.05, 0.1) is 24.5 Å². The number of carboxylic acids is 1. The molecule has 1 amide bonds. The predicted octanol–water partition coefficient (Wildman–Crippen LogP) is 6.42. The van der Waals surface area contributed by atoms with Crippen LogP contribution in [0.2, 0.25) is 0 Å². The number of aliphatic hydroxyl groups is 1. The van der Waals surface area contributed by atoms with Crippen LogP contribution in [0.4, 0.5) is 0 Å². The number of benzene rings is 4. The molecule has 3 unspecified atom stereocenters. The Labute approximate surface area is 294 Å². The lowest BCUT2D eigenvalue weighted by molar-refractivity contribution is -0.245. The first-order chi connectivity index (χ1) is 24.4. The average Bonchev–Trinajstić information content (AvgIpc) is 3.64. The lowest BCUT2D eigenvalue weighted by Crippen LogP contribution is -2.31. The van der Waals surface area contributed by atoms with E-state index < -0.39 is 12.3 Å². The van der Waals surface area contributed by atoms with Crippen molar-refractivity contribution in [2.45, 2.75) is 68.9 Å². The lowest BCUT2D eigenvalue weighted by Gasteiger charge is -2.36. The summed E-state index contributed by atoms with van der Waals surface area (Å²) in [7, 11) is 0. The molecule has 12 heteroatoms. The molecule has 5 aromatic rings. The third-order valence-corrected chi connectivity index (χ3v) is 9.48. The highest BCUT2D eigenvalue weighted by Gasteiger charge is 2.32. The van der Waals surface area contributed by atoms with Crippen LogP contribution in [0, 0.1) is 0 Å². The maximum absolute atomic E-state index is 12.2. The van der Waals surface area contributed by atoms with Crippen LogP contribution in [-0.2, 0) is 32.2 Å². The van der Waals surface area contributed by atoms with Crippen molar-refractivity contribution >= 4 is 23.6 Å². The van der Waals surface area contributed by atoms with Crippen molar-refractivity contribution in [3.8, 4) is 16.8 Å². The van der Waals surface area contributed by atoms with E-state index in [9.17, 15) is 14.7 Å². The molecule has 0 bridgehead atoms. The van der Waals surface area contributed by atoms with Crippen molar-refractivity contribution in [1.82, 2.24) is 25.5 Å². The van der Waals surface area contributed by atoms with Gasteiger partial charge in [-0.1, -0.05) is 96.7 Å². The molecule has 11 nitrogen and oxygen atoms in total. The first kappa shape index (κ1) is 35.0. The van der Waals surface area contributed by atoms with Crippen molar-refractivity contribution in [3.63, 3.8) is 0 Å². The van der Waals surface area contributed by atoms with Crippen molar-refractivity contribution in [2.24, 2.45) is 0 Å². The number of amides is 1. The molecule has 3 N–H and O–H groups in total. The van der Waals surface area contributed by atoms with Crippen molar-refractivity contribution in [2.75, 3.05) is 5.75 Å². The van der Waals surface area contributed by atoms with Gasteiger partial charge in [-0.3, -0.25) is 9.59 Å². The number of carbonyl (C=O) groups excluding carboxylic acids is 1.